The molecule has 6 heteroatoms. The van der Waals surface area contributed by atoms with Crippen molar-refractivity contribution in [1.29, 1.82) is 0 Å². The maximum Gasteiger partial charge on any atom is 0.330 e. The molecule has 0 bridgehead atoms. The Morgan fingerprint density at radius 2 is 1.97 bits per heavy atom. The first-order chi connectivity index (χ1) is 16.2. The smallest absolute Gasteiger partial charge is 0.330 e. The maximum atomic E-state index is 13.5. The molecule has 6 nitrogen and oxygen atoms in total. The van der Waals surface area contributed by atoms with Gasteiger partial charge in [0, 0.05) is 53.5 Å². The summed E-state index contributed by atoms with van der Waals surface area (Å²) in [6, 6.07) is 4.12. The highest BCUT2D eigenvalue weighted by molar-refractivity contribution is 6.09. The number of aliphatic imine (C=N–C) groups is 1. The second kappa shape index (κ2) is 11.3. The van der Waals surface area contributed by atoms with Gasteiger partial charge in [0.25, 0.3) is 5.91 Å². The molecule has 0 radical (unpaired) electrons. The molecular weight excluding hydrogens is 426 g/mol. The van der Waals surface area contributed by atoms with E-state index in [1.807, 2.05) is 19.1 Å². The van der Waals surface area contributed by atoms with E-state index in [0.717, 1.165) is 47.0 Å². The van der Waals surface area contributed by atoms with Gasteiger partial charge in [-0.2, -0.15) is 0 Å². The quantitative estimate of drug-likeness (QED) is 0.290. The number of aryl methyl sites for hydroxylation is 1. The van der Waals surface area contributed by atoms with Gasteiger partial charge < -0.3 is 14.6 Å². The molecule has 0 saturated carbocycles. The summed E-state index contributed by atoms with van der Waals surface area (Å²) < 4.78 is 7.18. The van der Waals surface area contributed by atoms with Gasteiger partial charge in [0.1, 0.15) is 0 Å². The number of dihydropyridines is 1. The SMILES string of the molecule is CCCC1=C(CNC(=O)c2cc(C=CC(=O)OCC)cc3c2c(C)cn3C(C)C)CN=C(C)C1. The van der Waals surface area contributed by atoms with E-state index in [2.05, 4.69) is 48.8 Å². The van der Waals surface area contributed by atoms with Crippen LogP contribution in [0, 0.1) is 6.92 Å². The summed E-state index contributed by atoms with van der Waals surface area (Å²) in [6.45, 7) is 13.8. The maximum absolute atomic E-state index is 13.5. The van der Waals surface area contributed by atoms with Crippen LogP contribution in [0.3, 0.4) is 0 Å². The van der Waals surface area contributed by atoms with Crippen molar-refractivity contribution >= 4 is 34.6 Å². The van der Waals surface area contributed by atoms with Crippen LogP contribution in [0.25, 0.3) is 17.0 Å². The molecule has 182 valence electrons. The van der Waals surface area contributed by atoms with Crippen LogP contribution in [0.5, 0.6) is 0 Å². The standard InChI is InChI=1S/C28H37N3O3/c1-7-9-22-12-20(6)29-15-23(22)16-30-28(33)24-13-21(10-11-26(32)34-8-2)14-25-27(24)19(5)17-31(25)18(3)4/h10-11,13-14,17-18H,7-9,12,15-16H2,1-6H3,(H,30,33). The number of rotatable bonds is 9. The number of hydrogen-bond acceptors (Lipinski definition) is 4. The number of allylic oxidation sites excluding steroid dienone is 1. The van der Waals surface area contributed by atoms with E-state index in [-0.39, 0.29) is 11.9 Å². The Balaban J connectivity index is 1.96. The fraction of sp³-hybridized carbons (Fsp3) is 0.464. The average molecular weight is 464 g/mol. The first-order valence-corrected chi connectivity index (χ1v) is 12.2. The number of benzene rings is 1. The minimum absolute atomic E-state index is 0.115. The molecule has 0 fully saturated rings. The van der Waals surface area contributed by atoms with Crippen LogP contribution in [0.15, 0.2) is 40.5 Å². The Morgan fingerprint density at radius 1 is 1.21 bits per heavy atom. The molecule has 1 amide bonds. The Kier molecular flexibility index (Phi) is 8.48. The lowest BCUT2D eigenvalue weighted by Gasteiger charge is -2.19. The van der Waals surface area contributed by atoms with Crippen LogP contribution in [-0.2, 0) is 9.53 Å². The van der Waals surface area contributed by atoms with E-state index < -0.39 is 5.97 Å². The van der Waals surface area contributed by atoms with Crippen molar-refractivity contribution in [3.63, 3.8) is 0 Å². The summed E-state index contributed by atoms with van der Waals surface area (Å²) in [5, 5.41) is 4.10. The van der Waals surface area contributed by atoms with Crippen LogP contribution in [0.4, 0.5) is 0 Å². The normalized spacial score (nSPS) is 14.3. The third-order valence-electron chi connectivity index (χ3n) is 6.17. The molecule has 0 unspecified atom stereocenters. The fourth-order valence-electron chi connectivity index (χ4n) is 4.53. The Labute approximate surface area is 202 Å². The first-order valence-electron chi connectivity index (χ1n) is 12.2. The number of esters is 1. The first kappa shape index (κ1) is 25.5. The number of carbonyl (C=O) groups excluding carboxylic acids is 2. The van der Waals surface area contributed by atoms with E-state index in [9.17, 15) is 9.59 Å². The van der Waals surface area contributed by atoms with Crippen molar-refractivity contribution < 1.29 is 14.3 Å². The predicted molar refractivity (Wildman–Crippen MR) is 140 cm³/mol. The van der Waals surface area contributed by atoms with Crippen LogP contribution < -0.4 is 5.32 Å². The summed E-state index contributed by atoms with van der Waals surface area (Å²) >= 11 is 0. The lowest BCUT2D eigenvalue weighted by atomic mass is 9.95. The highest BCUT2D eigenvalue weighted by Gasteiger charge is 2.19. The number of nitrogens with zero attached hydrogens (tertiary/aromatic N) is 2. The van der Waals surface area contributed by atoms with Crippen molar-refractivity contribution in [2.75, 3.05) is 19.7 Å². The molecule has 3 rings (SSSR count). The van der Waals surface area contributed by atoms with E-state index in [4.69, 9.17) is 4.74 Å². The molecule has 1 N–H and O–H groups in total. The van der Waals surface area contributed by atoms with Gasteiger partial charge in [0.05, 0.1) is 13.2 Å². The monoisotopic (exact) mass is 463 g/mol. The highest BCUT2D eigenvalue weighted by atomic mass is 16.5. The van der Waals surface area contributed by atoms with Crippen LogP contribution in [0.2, 0.25) is 0 Å². The van der Waals surface area contributed by atoms with Crippen LogP contribution in [-0.4, -0.2) is 41.9 Å². The average Bonchev–Trinajstić information content (AvgIpc) is 3.13. The van der Waals surface area contributed by atoms with Gasteiger partial charge in [0.15, 0.2) is 0 Å². The molecule has 0 aliphatic carbocycles. The number of nitrogens with one attached hydrogen (secondary N) is 1. The van der Waals surface area contributed by atoms with Gasteiger partial charge in [-0.3, -0.25) is 9.79 Å². The number of hydrogen-bond donors (Lipinski definition) is 1. The summed E-state index contributed by atoms with van der Waals surface area (Å²) in [7, 11) is 0. The second-order valence-corrected chi connectivity index (χ2v) is 9.23. The zero-order chi connectivity index (χ0) is 24.8. The largest absolute Gasteiger partial charge is 0.463 e. The highest BCUT2D eigenvalue weighted by Crippen LogP contribution is 2.30. The van der Waals surface area contributed by atoms with Gasteiger partial charge in [-0.1, -0.05) is 18.9 Å². The molecule has 1 aliphatic rings. The van der Waals surface area contributed by atoms with E-state index in [1.54, 1.807) is 13.0 Å². The van der Waals surface area contributed by atoms with Gasteiger partial charge in [-0.05, 0) is 75.9 Å². The Bertz CT molecular complexity index is 1170. The Hall–Kier alpha value is -3.15. The predicted octanol–water partition coefficient (Wildman–Crippen LogP) is 5.80. The third kappa shape index (κ3) is 5.85. The molecule has 0 atom stereocenters. The van der Waals surface area contributed by atoms with Gasteiger partial charge >= 0.3 is 5.97 Å². The fourth-order valence-corrected chi connectivity index (χ4v) is 4.53. The summed E-state index contributed by atoms with van der Waals surface area (Å²) in [4.78, 5) is 29.9. The van der Waals surface area contributed by atoms with Gasteiger partial charge in [-0.15, -0.1) is 0 Å². The molecule has 1 aliphatic heterocycles. The molecule has 34 heavy (non-hydrogen) atoms. The number of amides is 1. The Morgan fingerprint density at radius 3 is 2.65 bits per heavy atom. The molecule has 1 aromatic heterocycles. The summed E-state index contributed by atoms with van der Waals surface area (Å²) in [6.07, 6.45) is 8.22. The second-order valence-electron chi connectivity index (χ2n) is 9.23. The van der Waals surface area contributed by atoms with Crippen molar-refractivity contribution in [2.24, 2.45) is 4.99 Å². The minimum Gasteiger partial charge on any atom is -0.463 e. The van der Waals surface area contributed by atoms with E-state index >= 15 is 0 Å². The lowest BCUT2D eigenvalue weighted by Crippen LogP contribution is -2.28. The van der Waals surface area contributed by atoms with Gasteiger partial charge in [-0.25, -0.2) is 4.79 Å². The van der Waals surface area contributed by atoms with E-state index in [1.165, 1.54) is 17.2 Å². The number of aromatic nitrogens is 1. The van der Waals surface area contributed by atoms with Crippen molar-refractivity contribution in [3.05, 3.63) is 52.2 Å². The lowest BCUT2D eigenvalue weighted by molar-refractivity contribution is -0.137. The number of ether oxygens (including phenoxy) is 1. The van der Waals surface area contributed by atoms with E-state index in [0.29, 0.717) is 25.3 Å². The topological polar surface area (TPSA) is 72.7 Å². The molecular formula is C28H37N3O3. The summed E-state index contributed by atoms with van der Waals surface area (Å²) in [5.41, 5.74) is 7.21. The van der Waals surface area contributed by atoms with Crippen LogP contribution in [0.1, 0.15) is 81.4 Å². The van der Waals surface area contributed by atoms with Crippen molar-refractivity contribution in [3.8, 4) is 0 Å². The summed E-state index contributed by atoms with van der Waals surface area (Å²) in [5.74, 6) is -0.511. The molecule has 0 spiro atoms. The molecule has 2 heterocycles. The zero-order valence-electron chi connectivity index (χ0n) is 21.3. The van der Waals surface area contributed by atoms with Crippen LogP contribution >= 0.6 is 0 Å². The zero-order valence-corrected chi connectivity index (χ0v) is 21.3. The van der Waals surface area contributed by atoms with Gasteiger partial charge in [0.2, 0.25) is 0 Å². The van der Waals surface area contributed by atoms with Crippen molar-refractivity contribution in [1.82, 2.24) is 9.88 Å². The molecule has 1 aromatic carbocycles. The number of fused-ring (bicyclic) bond motifs is 1. The minimum atomic E-state index is -0.396. The molecule has 2 aromatic rings. The molecule has 0 saturated heterocycles. The third-order valence-corrected chi connectivity index (χ3v) is 6.17. The van der Waals surface area contributed by atoms with Crippen molar-refractivity contribution in [2.45, 2.75) is 66.8 Å². The number of carbonyl (C=O) groups is 2.